The van der Waals surface area contributed by atoms with Gasteiger partial charge in [0.15, 0.2) is 0 Å². The summed E-state index contributed by atoms with van der Waals surface area (Å²) in [5.74, 6) is 1.79. The van der Waals surface area contributed by atoms with E-state index in [0.29, 0.717) is 13.2 Å². The van der Waals surface area contributed by atoms with Crippen molar-refractivity contribution in [2.24, 2.45) is 0 Å². The highest BCUT2D eigenvalue weighted by Crippen LogP contribution is 2.61. The van der Waals surface area contributed by atoms with Crippen LogP contribution in [-0.4, -0.2) is 13.2 Å². The van der Waals surface area contributed by atoms with Crippen LogP contribution in [-0.2, 0) is 10.8 Å². The Morgan fingerprint density at radius 1 is 0.271 bits per heavy atom. The Labute approximate surface area is 697 Å². The van der Waals surface area contributed by atoms with Crippen molar-refractivity contribution in [2.75, 3.05) is 23.0 Å². The SMILES string of the molecule is C=C/C=C\C=C(/c1ccccc1)C1(CCCCCCOc2ccc(C=C)cc2)c2ccccc2-c2ccc(N(c3ccc(-c4ccccc4)cc3)c3ccc(-c4ccc(N(c5ccc(-c6ccccc6)cc5)c5ccc6c(c5)C(CCCCCCOc5ccc(C=C)cc5)(c5ccccc5-c5ccccc5)c5ccccc5-6)cc4)cc3)cc21. The molecule has 2 unspecified atom stereocenters. The molecule has 15 aromatic rings. The normalized spacial score (nSPS) is 14.4. The van der Waals surface area contributed by atoms with Crippen LogP contribution in [0.5, 0.6) is 11.5 Å². The third kappa shape index (κ3) is 15.9. The Balaban J connectivity index is 0.730. The van der Waals surface area contributed by atoms with Gasteiger partial charge in [-0.15, -0.1) is 0 Å². The minimum absolute atomic E-state index is 0.474. The predicted octanol–water partition coefficient (Wildman–Crippen LogP) is 31.0. The van der Waals surface area contributed by atoms with Gasteiger partial charge >= 0.3 is 0 Å². The van der Waals surface area contributed by atoms with Crippen molar-refractivity contribution >= 4 is 51.8 Å². The summed E-state index contributed by atoms with van der Waals surface area (Å²) < 4.78 is 12.5. The van der Waals surface area contributed by atoms with Crippen LogP contribution < -0.4 is 19.3 Å². The third-order valence-corrected chi connectivity index (χ3v) is 24.0. The predicted molar refractivity (Wildman–Crippen MR) is 500 cm³/mol. The largest absolute Gasteiger partial charge is 0.494 e. The number of allylic oxidation sites excluding steroid dienone is 5. The lowest BCUT2D eigenvalue weighted by molar-refractivity contribution is 0.303. The highest BCUT2D eigenvalue weighted by atomic mass is 16.5. The van der Waals surface area contributed by atoms with Gasteiger partial charge in [0.05, 0.1) is 13.2 Å². The first-order valence-electron chi connectivity index (χ1n) is 41.9. The van der Waals surface area contributed by atoms with Crippen LogP contribution in [0.25, 0.3) is 84.5 Å². The van der Waals surface area contributed by atoms with Crippen molar-refractivity contribution in [3.63, 3.8) is 0 Å². The number of rotatable bonds is 33. The van der Waals surface area contributed by atoms with Crippen LogP contribution in [0.3, 0.4) is 0 Å². The molecule has 0 spiro atoms. The van der Waals surface area contributed by atoms with E-state index in [1.54, 1.807) is 0 Å². The monoisotopic (exact) mass is 1530 g/mol. The second kappa shape index (κ2) is 35.9. The molecule has 0 fully saturated rings. The molecule has 4 heteroatoms. The molecular weight excluding hydrogens is 1430 g/mol. The summed E-state index contributed by atoms with van der Waals surface area (Å²) in [7, 11) is 0. The van der Waals surface area contributed by atoms with Crippen molar-refractivity contribution < 1.29 is 9.47 Å². The van der Waals surface area contributed by atoms with Gasteiger partial charge in [0, 0.05) is 45.0 Å². The van der Waals surface area contributed by atoms with Gasteiger partial charge in [-0.05, 0) is 240 Å². The summed E-state index contributed by atoms with van der Waals surface area (Å²) in [6.45, 7) is 13.3. The van der Waals surface area contributed by atoms with E-state index in [-0.39, 0.29) is 0 Å². The molecule has 0 N–H and O–H groups in total. The van der Waals surface area contributed by atoms with Gasteiger partial charge < -0.3 is 19.3 Å². The molecule has 4 nitrogen and oxygen atoms in total. The molecule has 118 heavy (non-hydrogen) atoms. The number of nitrogens with zero attached hydrogens (tertiary/aromatic N) is 2. The highest BCUT2D eigenvalue weighted by molar-refractivity contribution is 5.96. The van der Waals surface area contributed by atoms with Gasteiger partial charge in [-0.2, -0.15) is 0 Å². The molecule has 0 bridgehead atoms. The van der Waals surface area contributed by atoms with Crippen LogP contribution in [0.15, 0.2) is 420 Å². The van der Waals surface area contributed by atoms with E-state index < -0.39 is 10.8 Å². The Hall–Kier alpha value is -13.8. The molecule has 2 aliphatic rings. The molecule has 576 valence electrons. The minimum atomic E-state index is -0.513. The fraction of sp³-hybridized carbons (Fsp3) is 0.123. The van der Waals surface area contributed by atoms with Gasteiger partial charge in [0.2, 0.25) is 0 Å². The number of benzene rings is 15. The topological polar surface area (TPSA) is 24.9 Å². The average Bonchev–Trinajstić information content (AvgIpc) is 1.55. The van der Waals surface area contributed by atoms with E-state index in [0.717, 1.165) is 132 Å². The summed E-state index contributed by atoms with van der Waals surface area (Å²) in [6, 6.07) is 139. The first kappa shape index (κ1) is 76.8. The van der Waals surface area contributed by atoms with Gasteiger partial charge in [0.1, 0.15) is 11.5 Å². The van der Waals surface area contributed by atoms with Crippen molar-refractivity contribution in [1.82, 2.24) is 0 Å². The number of hydrogen-bond acceptors (Lipinski definition) is 4. The molecule has 17 rings (SSSR count). The number of anilines is 6. The van der Waals surface area contributed by atoms with Gasteiger partial charge in [-0.1, -0.05) is 374 Å². The lowest BCUT2D eigenvalue weighted by Crippen LogP contribution is -2.28. The van der Waals surface area contributed by atoms with Crippen molar-refractivity contribution in [1.29, 1.82) is 0 Å². The molecule has 15 aromatic carbocycles. The third-order valence-electron chi connectivity index (χ3n) is 24.0. The summed E-state index contributed by atoms with van der Waals surface area (Å²) in [6.07, 6.45) is 22.3. The van der Waals surface area contributed by atoms with Crippen LogP contribution in [0, 0.1) is 0 Å². The number of fused-ring (bicyclic) bond motifs is 6. The van der Waals surface area contributed by atoms with Crippen molar-refractivity contribution in [3.05, 3.63) is 465 Å². The van der Waals surface area contributed by atoms with E-state index >= 15 is 0 Å². The van der Waals surface area contributed by atoms with Gasteiger partial charge in [-0.3, -0.25) is 0 Å². The van der Waals surface area contributed by atoms with Crippen molar-refractivity contribution in [2.45, 2.75) is 75.0 Å². The highest BCUT2D eigenvalue weighted by Gasteiger charge is 2.48. The summed E-state index contributed by atoms with van der Waals surface area (Å²) in [4.78, 5) is 4.92. The minimum Gasteiger partial charge on any atom is -0.494 e. The lowest BCUT2D eigenvalue weighted by Gasteiger charge is -2.36. The van der Waals surface area contributed by atoms with Crippen LogP contribution in [0.2, 0.25) is 0 Å². The van der Waals surface area contributed by atoms with Crippen LogP contribution >= 0.6 is 0 Å². The van der Waals surface area contributed by atoms with E-state index in [9.17, 15) is 0 Å². The molecule has 0 amide bonds. The van der Waals surface area contributed by atoms with Crippen LogP contribution in [0.1, 0.15) is 109 Å². The molecule has 0 saturated carbocycles. The zero-order valence-electron chi connectivity index (χ0n) is 67.1. The quantitative estimate of drug-likeness (QED) is 0.0302. The van der Waals surface area contributed by atoms with Crippen LogP contribution in [0.4, 0.5) is 34.1 Å². The number of unbranched alkanes of at least 4 members (excludes halogenated alkanes) is 6. The summed E-state index contributed by atoms with van der Waals surface area (Å²) in [5, 5.41) is 0. The Kier molecular flexibility index (Phi) is 23.4. The molecule has 0 radical (unpaired) electrons. The second-order valence-electron chi connectivity index (χ2n) is 31.0. The van der Waals surface area contributed by atoms with E-state index in [1.165, 1.54) is 94.6 Å². The Morgan fingerprint density at radius 2 is 0.619 bits per heavy atom. The zero-order chi connectivity index (χ0) is 79.9. The first-order valence-corrected chi connectivity index (χ1v) is 41.9. The molecule has 0 heterocycles. The molecular formula is C114H98N2O2. The molecule has 0 saturated heterocycles. The summed E-state index contributed by atoms with van der Waals surface area (Å²) in [5.41, 5.74) is 31.3. The maximum atomic E-state index is 6.28. The number of ether oxygens (including phenoxy) is 2. The fourth-order valence-corrected chi connectivity index (χ4v) is 18.3. The second-order valence-corrected chi connectivity index (χ2v) is 31.0. The molecule has 0 aliphatic heterocycles. The van der Waals surface area contributed by atoms with Crippen molar-refractivity contribution in [3.8, 4) is 78.3 Å². The Morgan fingerprint density at radius 3 is 1.08 bits per heavy atom. The lowest BCUT2D eigenvalue weighted by atomic mass is 9.66. The molecule has 0 aromatic heterocycles. The standard InChI is InChI=1S/C114H98N2O2/c1-4-7-16-46-107(93-41-23-15-24-42-93)113(78-31-8-10-33-80-117-100-72-50-84(5-2)51-73-100)109-48-29-26-44-103(109)105-76-70-98(82-111(105)113)115(94-62-54-88(55-63-94)86-35-17-12-18-36-86)96-66-58-90(59-67-96)91-60-68-97(69-61-91)116(95-64-56-89(57-65-95)87-37-19-13-20-38-87)99-71-77-106-104-45-27-30-49-110(104)114(112(106)83-99,108-47-28-25-43-102(108)92-39-21-14-22-40-92)79-32-9-11-34-81-118-101-74-52-85(6-3)53-75-101/h4-7,12-30,35-77,82-83H,1-3,8-11,31-34,78-81H2/b16-7-,107-46+. The van der Waals surface area contributed by atoms with Gasteiger partial charge in [-0.25, -0.2) is 0 Å². The zero-order valence-corrected chi connectivity index (χ0v) is 67.1. The first-order chi connectivity index (χ1) is 58.4. The number of hydrogen-bond donors (Lipinski definition) is 0. The van der Waals surface area contributed by atoms with E-state index in [4.69, 9.17) is 9.47 Å². The molecule has 2 atom stereocenters. The fourth-order valence-electron chi connectivity index (χ4n) is 18.3. The average molecular weight is 1530 g/mol. The Bertz CT molecular complexity index is 6010. The van der Waals surface area contributed by atoms with Gasteiger partial charge in [0.25, 0.3) is 0 Å². The summed E-state index contributed by atoms with van der Waals surface area (Å²) >= 11 is 0. The smallest absolute Gasteiger partial charge is 0.119 e. The maximum Gasteiger partial charge on any atom is 0.119 e. The maximum absolute atomic E-state index is 6.28. The van der Waals surface area contributed by atoms with E-state index in [1.807, 2.05) is 42.5 Å². The van der Waals surface area contributed by atoms with E-state index in [2.05, 4.69) is 400 Å². The molecule has 2 aliphatic carbocycles.